The monoisotopic (exact) mass is 354 g/mol. The Bertz CT molecular complexity index is 766. The minimum absolute atomic E-state index is 0.405. The third-order valence-electron chi connectivity index (χ3n) is 4.30. The lowest BCUT2D eigenvalue weighted by atomic mass is 10.2. The molecule has 0 aliphatic carbocycles. The maximum Gasteiger partial charge on any atom is 0.143 e. The quantitative estimate of drug-likeness (QED) is 0.823. The minimum Gasteiger partial charge on any atom is -0.495 e. The summed E-state index contributed by atoms with van der Waals surface area (Å²) in [5.74, 6) is 0.891. The molecule has 0 N–H and O–H groups in total. The first-order chi connectivity index (χ1) is 12.2. The standard InChI is InChI=1S/C19H22N4OS/c1-22-9-11-23(12-10-22)17-4-3-16(14-18(17)24-2)25-19-13-15(5-7-20)6-8-21-19/h3-4,6,8,13-14H,5,9-12H2,1-2H3. The van der Waals surface area contributed by atoms with Gasteiger partial charge in [0.2, 0.25) is 0 Å². The number of hydrogen-bond acceptors (Lipinski definition) is 6. The van der Waals surface area contributed by atoms with E-state index in [1.807, 2.05) is 12.1 Å². The molecule has 1 aromatic carbocycles. The molecule has 5 nitrogen and oxygen atoms in total. The van der Waals surface area contributed by atoms with Crippen molar-refractivity contribution in [3.05, 3.63) is 42.1 Å². The highest BCUT2D eigenvalue weighted by Gasteiger charge is 2.18. The Morgan fingerprint density at radius 1 is 1.20 bits per heavy atom. The van der Waals surface area contributed by atoms with Crippen LogP contribution in [0.2, 0.25) is 0 Å². The second-order valence-electron chi connectivity index (χ2n) is 6.06. The molecule has 25 heavy (non-hydrogen) atoms. The molecule has 0 unspecified atom stereocenters. The Morgan fingerprint density at radius 3 is 2.72 bits per heavy atom. The fourth-order valence-electron chi connectivity index (χ4n) is 2.86. The zero-order valence-electron chi connectivity index (χ0n) is 14.6. The number of hydrogen-bond donors (Lipinski definition) is 0. The molecule has 0 atom stereocenters. The molecule has 0 amide bonds. The maximum absolute atomic E-state index is 8.84. The van der Waals surface area contributed by atoms with Gasteiger partial charge in [0.25, 0.3) is 0 Å². The van der Waals surface area contributed by atoms with Crippen molar-refractivity contribution in [3.63, 3.8) is 0 Å². The van der Waals surface area contributed by atoms with Gasteiger partial charge in [-0.25, -0.2) is 4.98 Å². The number of nitrogens with zero attached hydrogens (tertiary/aromatic N) is 4. The summed E-state index contributed by atoms with van der Waals surface area (Å²) in [6, 6.07) is 12.3. The van der Waals surface area contributed by atoms with Gasteiger partial charge in [-0.3, -0.25) is 0 Å². The lowest BCUT2D eigenvalue weighted by Gasteiger charge is -2.34. The van der Waals surface area contributed by atoms with Gasteiger partial charge < -0.3 is 14.5 Å². The Morgan fingerprint density at radius 2 is 2.00 bits per heavy atom. The number of piperazine rings is 1. The highest BCUT2D eigenvalue weighted by Crippen LogP contribution is 2.35. The molecule has 130 valence electrons. The SMILES string of the molecule is COc1cc(Sc2cc(CC#N)ccn2)ccc1N1CCN(C)CC1. The average Bonchev–Trinajstić information content (AvgIpc) is 2.63. The van der Waals surface area contributed by atoms with Gasteiger partial charge in [0, 0.05) is 37.3 Å². The molecule has 1 fully saturated rings. The number of rotatable bonds is 5. The summed E-state index contributed by atoms with van der Waals surface area (Å²) >= 11 is 1.59. The van der Waals surface area contributed by atoms with Gasteiger partial charge in [-0.15, -0.1) is 0 Å². The van der Waals surface area contributed by atoms with Crippen molar-refractivity contribution in [1.82, 2.24) is 9.88 Å². The number of aromatic nitrogens is 1. The largest absolute Gasteiger partial charge is 0.495 e. The van der Waals surface area contributed by atoms with Gasteiger partial charge >= 0.3 is 0 Å². The van der Waals surface area contributed by atoms with Gasteiger partial charge in [-0.2, -0.15) is 5.26 Å². The second kappa shape index (κ2) is 8.24. The molecule has 0 bridgehead atoms. The maximum atomic E-state index is 8.84. The molecule has 0 saturated carbocycles. The number of anilines is 1. The molecule has 2 aromatic rings. The summed E-state index contributed by atoms with van der Waals surface area (Å²) in [4.78, 5) is 10.2. The van der Waals surface area contributed by atoms with E-state index < -0.39 is 0 Å². The Labute approximate surface area is 153 Å². The topological polar surface area (TPSA) is 52.4 Å². The van der Waals surface area contributed by atoms with Crippen LogP contribution in [0.25, 0.3) is 0 Å². The van der Waals surface area contributed by atoms with Crippen molar-refractivity contribution >= 4 is 17.4 Å². The molecular formula is C19H22N4OS. The Hall–Kier alpha value is -2.23. The highest BCUT2D eigenvalue weighted by atomic mass is 32.2. The van der Waals surface area contributed by atoms with Gasteiger partial charge in [-0.1, -0.05) is 11.8 Å². The first-order valence-corrected chi connectivity index (χ1v) is 9.12. The normalized spacial score (nSPS) is 15.0. The summed E-state index contributed by atoms with van der Waals surface area (Å²) in [7, 11) is 3.87. The van der Waals surface area contributed by atoms with Crippen LogP contribution in [0.3, 0.4) is 0 Å². The van der Waals surface area contributed by atoms with Crippen LogP contribution < -0.4 is 9.64 Å². The van der Waals surface area contributed by atoms with E-state index in [-0.39, 0.29) is 0 Å². The zero-order valence-corrected chi connectivity index (χ0v) is 15.4. The molecular weight excluding hydrogens is 332 g/mol. The first kappa shape index (κ1) is 17.6. The van der Waals surface area contributed by atoms with E-state index in [1.54, 1.807) is 25.1 Å². The van der Waals surface area contributed by atoms with E-state index in [0.717, 1.165) is 53.1 Å². The third kappa shape index (κ3) is 4.44. The first-order valence-electron chi connectivity index (χ1n) is 8.31. The van der Waals surface area contributed by atoms with Crippen LogP contribution in [0.5, 0.6) is 5.75 Å². The number of benzene rings is 1. The Kier molecular flexibility index (Phi) is 5.79. The van der Waals surface area contributed by atoms with Crippen molar-refractivity contribution in [2.75, 3.05) is 45.2 Å². The summed E-state index contributed by atoms with van der Waals surface area (Å²) in [6.45, 7) is 4.15. The molecule has 0 spiro atoms. The van der Waals surface area contributed by atoms with E-state index in [9.17, 15) is 0 Å². The van der Waals surface area contributed by atoms with Gasteiger partial charge in [-0.05, 0) is 42.9 Å². The van der Waals surface area contributed by atoms with Crippen LogP contribution >= 0.6 is 11.8 Å². The van der Waals surface area contributed by atoms with Crippen LogP contribution in [0.15, 0.2) is 46.5 Å². The van der Waals surface area contributed by atoms with E-state index in [4.69, 9.17) is 10.00 Å². The van der Waals surface area contributed by atoms with Gasteiger partial charge in [0.1, 0.15) is 10.8 Å². The van der Waals surface area contributed by atoms with Crippen molar-refractivity contribution in [2.24, 2.45) is 0 Å². The lowest BCUT2D eigenvalue weighted by molar-refractivity contribution is 0.311. The highest BCUT2D eigenvalue weighted by molar-refractivity contribution is 7.99. The van der Waals surface area contributed by atoms with Crippen LogP contribution in [0.4, 0.5) is 5.69 Å². The second-order valence-corrected chi connectivity index (χ2v) is 7.16. The summed E-state index contributed by atoms with van der Waals surface area (Å²) in [6.07, 6.45) is 2.16. The third-order valence-corrected chi connectivity index (χ3v) is 5.22. The summed E-state index contributed by atoms with van der Waals surface area (Å²) in [5.41, 5.74) is 2.13. The predicted molar refractivity (Wildman–Crippen MR) is 100 cm³/mol. The molecule has 0 radical (unpaired) electrons. The molecule has 3 rings (SSSR count). The van der Waals surface area contributed by atoms with E-state index in [1.165, 1.54) is 0 Å². The molecule has 1 aliphatic heterocycles. The molecule has 6 heteroatoms. The molecule has 1 aromatic heterocycles. The summed E-state index contributed by atoms with van der Waals surface area (Å²) < 4.78 is 5.63. The van der Waals surface area contributed by atoms with E-state index >= 15 is 0 Å². The summed E-state index contributed by atoms with van der Waals surface area (Å²) in [5, 5.41) is 9.73. The Balaban J connectivity index is 1.77. The molecule has 1 saturated heterocycles. The van der Waals surface area contributed by atoms with E-state index in [0.29, 0.717) is 6.42 Å². The predicted octanol–water partition coefficient (Wildman–Crippen LogP) is 3.06. The van der Waals surface area contributed by atoms with Crippen LogP contribution in [-0.4, -0.2) is 50.2 Å². The molecule has 1 aliphatic rings. The lowest BCUT2D eigenvalue weighted by Crippen LogP contribution is -2.44. The van der Waals surface area contributed by atoms with Gasteiger partial charge in [0.15, 0.2) is 0 Å². The van der Waals surface area contributed by atoms with Crippen LogP contribution in [0.1, 0.15) is 5.56 Å². The minimum atomic E-state index is 0.405. The fraction of sp³-hybridized carbons (Fsp3) is 0.368. The number of methoxy groups -OCH3 is 1. The van der Waals surface area contributed by atoms with Crippen molar-refractivity contribution in [3.8, 4) is 11.8 Å². The van der Waals surface area contributed by atoms with Gasteiger partial charge in [0.05, 0.1) is 25.3 Å². The van der Waals surface area contributed by atoms with Crippen molar-refractivity contribution in [2.45, 2.75) is 16.3 Å². The number of pyridine rings is 1. The number of nitriles is 1. The average molecular weight is 354 g/mol. The van der Waals surface area contributed by atoms with Crippen LogP contribution in [-0.2, 0) is 6.42 Å². The van der Waals surface area contributed by atoms with Crippen molar-refractivity contribution in [1.29, 1.82) is 5.26 Å². The number of likely N-dealkylation sites (N-methyl/N-ethyl adjacent to an activating group) is 1. The fourth-order valence-corrected chi connectivity index (χ4v) is 3.73. The zero-order chi connectivity index (χ0) is 17.6. The van der Waals surface area contributed by atoms with Crippen LogP contribution in [0, 0.1) is 11.3 Å². The van der Waals surface area contributed by atoms with Crippen molar-refractivity contribution < 1.29 is 4.74 Å². The molecule has 2 heterocycles. The van der Waals surface area contributed by atoms with E-state index in [2.05, 4.69) is 46.1 Å². The number of ether oxygens (including phenoxy) is 1. The smallest absolute Gasteiger partial charge is 0.143 e.